The van der Waals surface area contributed by atoms with Gasteiger partial charge in [0.25, 0.3) is 0 Å². The van der Waals surface area contributed by atoms with Crippen LogP contribution < -0.4 is 5.32 Å². The van der Waals surface area contributed by atoms with Crippen LogP contribution >= 0.6 is 0 Å². The summed E-state index contributed by atoms with van der Waals surface area (Å²) in [5, 5.41) is 3.30. The Kier molecular flexibility index (Phi) is 4.38. The van der Waals surface area contributed by atoms with Crippen LogP contribution in [0.5, 0.6) is 0 Å². The standard InChI is InChI=1S/C22H25NO/c24-21(15-20-14-16-11-12-19(20)13-16)23-22(17-7-3-1-4-8-17)18-9-5-2-6-10-18/h1-10,16,19-20,22H,11-15H2,(H,23,24)/t16-,19-,20+/m1/s1. The maximum absolute atomic E-state index is 12.7. The van der Waals surface area contributed by atoms with Crippen LogP contribution in [-0.4, -0.2) is 5.91 Å². The van der Waals surface area contributed by atoms with Crippen molar-refractivity contribution in [2.75, 3.05) is 0 Å². The second kappa shape index (κ2) is 6.80. The first-order chi connectivity index (χ1) is 11.8. The van der Waals surface area contributed by atoms with Crippen molar-refractivity contribution in [1.82, 2.24) is 5.32 Å². The van der Waals surface area contributed by atoms with Crippen molar-refractivity contribution in [3.05, 3.63) is 71.8 Å². The maximum atomic E-state index is 12.7. The highest BCUT2D eigenvalue weighted by molar-refractivity contribution is 5.77. The highest BCUT2D eigenvalue weighted by atomic mass is 16.1. The summed E-state index contributed by atoms with van der Waals surface area (Å²) in [6.07, 6.45) is 6.04. The van der Waals surface area contributed by atoms with Crippen LogP contribution in [0.1, 0.15) is 49.3 Å². The number of benzene rings is 2. The summed E-state index contributed by atoms with van der Waals surface area (Å²) in [4.78, 5) is 12.7. The van der Waals surface area contributed by atoms with Gasteiger partial charge >= 0.3 is 0 Å². The summed E-state index contributed by atoms with van der Waals surface area (Å²) >= 11 is 0. The number of hydrogen-bond donors (Lipinski definition) is 1. The van der Waals surface area contributed by atoms with Gasteiger partial charge in [-0.3, -0.25) is 4.79 Å². The molecule has 0 saturated heterocycles. The van der Waals surface area contributed by atoms with E-state index in [9.17, 15) is 4.79 Å². The number of amides is 1. The largest absolute Gasteiger partial charge is 0.345 e. The molecule has 1 amide bonds. The van der Waals surface area contributed by atoms with Crippen LogP contribution in [-0.2, 0) is 4.79 Å². The molecular weight excluding hydrogens is 294 g/mol. The Balaban J connectivity index is 1.48. The summed E-state index contributed by atoms with van der Waals surface area (Å²) in [5.74, 6) is 2.50. The zero-order valence-electron chi connectivity index (χ0n) is 14.0. The fourth-order valence-electron chi connectivity index (χ4n) is 4.73. The van der Waals surface area contributed by atoms with Crippen molar-refractivity contribution in [2.24, 2.45) is 17.8 Å². The van der Waals surface area contributed by atoms with Crippen molar-refractivity contribution in [2.45, 2.75) is 38.1 Å². The zero-order valence-corrected chi connectivity index (χ0v) is 14.0. The van der Waals surface area contributed by atoms with E-state index < -0.39 is 0 Å². The molecule has 2 aliphatic carbocycles. The van der Waals surface area contributed by atoms with Crippen molar-refractivity contribution < 1.29 is 4.79 Å². The molecule has 0 radical (unpaired) electrons. The van der Waals surface area contributed by atoms with Gasteiger partial charge in [-0.15, -0.1) is 0 Å². The molecule has 0 unspecified atom stereocenters. The van der Waals surface area contributed by atoms with Gasteiger partial charge in [0.2, 0.25) is 5.91 Å². The number of fused-ring (bicyclic) bond motifs is 2. The van der Waals surface area contributed by atoms with E-state index in [0.29, 0.717) is 12.3 Å². The second-order valence-electron chi connectivity index (χ2n) is 7.46. The normalized spacial score (nSPS) is 25.1. The summed E-state index contributed by atoms with van der Waals surface area (Å²) in [5.41, 5.74) is 2.29. The minimum atomic E-state index is -0.0570. The van der Waals surface area contributed by atoms with E-state index >= 15 is 0 Å². The monoisotopic (exact) mass is 319 g/mol. The first-order valence-electron chi connectivity index (χ1n) is 9.19. The SMILES string of the molecule is O=C(C[C@@H]1C[C@@H]2CC[C@@H]1C2)NC(c1ccccc1)c1ccccc1. The summed E-state index contributed by atoms with van der Waals surface area (Å²) in [7, 11) is 0. The number of rotatable bonds is 5. The number of carbonyl (C=O) groups excluding carboxylic acids is 1. The van der Waals surface area contributed by atoms with Crippen molar-refractivity contribution in [1.29, 1.82) is 0 Å². The number of nitrogens with one attached hydrogen (secondary N) is 1. The Morgan fingerprint density at radius 3 is 2.04 bits per heavy atom. The van der Waals surface area contributed by atoms with E-state index in [-0.39, 0.29) is 11.9 Å². The predicted molar refractivity (Wildman–Crippen MR) is 96.4 cm³/mol. The number of hydrogen-bond acceptors (Lipinski definition) is 1. The third-order valence-corrected chi connectivity index (χ3v) is 5.90. The topological polar surface area (TPSA) is 29.1 Å². The van der Waals surface area contributed by atoms with Crippen LogP contribution in [0.25, 0.3) is 0 Å². The molecule has 2 fully saturated rings. The van der Waals surface area contributed by atoms with E-state index in [1.807, 2.05) is 36.4 Å². The molecule has 2 aliphatic rings. The predicted octanol–water partition coefficient (Wildman–Crippen LogP) is 4.72. The van der Waals surface area contributed by atoms with Gasteiger partial charge in [0, 0.05) is 6.42 Å². The van der Waals surface area contributed by atoms with Gasteiger partial charge in [-0.05, 0) is 48.1 Å². The van der Waals surface area contributed by atoms with E-state index in [1.54, 1.807) is 0 Å². The summed E-state index contributed by atoms with van der Waals surface area (Å²) < 4.78 is 0. The van der Waals surface area contributed by atoms with E-state index in [2.05, 4.69) is 29.6 Å². The Morgan fingerprint density at radius 1 is 0.917 bits per heavy atom. The molecule has 2 bridgehead atoms. The molecule has 2 nitrogen and oxygen atoms in total. The smallest absolute Gasteiger partial charge is 0.221 e. The lowest BCUT2D eigenvalue weighted by Crippen LogP contribution is -2.31. The molecule has 0 spiro atoms. The molecule has 2 aromatic carbocycles. The van der Waals surface area contributed by atoms with Crippen LogP contribution in [0.4, 0.5) is 0 Å². The molecule has 3 atom stereocenters. The highest BCUT2D eigenvalue weighted by Crippen LogP contribution is 2.49. The lowest BCUT2D eigenvalue weighted by Gasteiger charge is -2.24. The van der Waals surface area contributed by atoms with Gasteiger partial charge in [0.15, 0.2) is 0 Å². The molecule has 4 rings (SSSR count). The minimum Gasteiger partial charge on any atom is -0.345 e. The average Bonchev–Trinajstić information content (AvgIpc) is 3.24. The fraction of sp³-hybridized carbons (Fsp3) is 0.409. The lowest BCUT2D eigenvalue weighted by molar-refractivity contribution is -0.122. The molecule has 0 aromatic heterocycles. The Morgan fingerprint density at radius 2 is 1.54 bits per heavy atom. The average molecular weight is 319 g/mol. The van der Waals surface area contributed by atoms with Gasteiger partial charge in [-0.2, -0.15) is 0 Å². The Bertz CT molecular complexity index is 642. The van der Waals surface area contributed by atoms with Gasteiger partial charge in [-0.25, -0.2) is 0 Å². The van der Waals surface area contributed by atoms with Gasteiger partial charge in [0.1, 0.15) is 0 Å². The van der Waals surface area contributed by atoms with Gasteiger partial charge in [-0.1, -0.05) is 67.1 Å². The third-order valence-electron chi connectivity index (χ3n) is 5.90. The van der Waals surface area contributed by atoms with Crippen LogP contribution in [0.3, 0.4) is 0 Å². The van der Waals surface area contributed by atoms with Crippen molar-refractivity contribution >= 4 is 5.91 Å². The molecule has 2 aromatic rings. The molecule has 2 heteroatoms. The Hall–Kier alpha value is -2.09. The highest BCUT2D eigenvalue weighted by Gasteiger charge is 2.40. The molecule has 1 N–H and O–H groups in total. The van der Waals surface area contributed by atoms with E-state index in [1.165, 1.54) is 25.7 Å². The molecule has 0 aliphatic heterocycles. The van der Waals surface area contributed by atoms with Crippen LogP contribution in [0, 0.1) is 17.8 Å². The van der Waals surface area contributed by atoms with Crippen molar-refractivity contribution in [3.63, 3.8) is 0 Å². The molecule has 24 heavy (non-hydrogen) atoms. The van der Waals surface area contributed by atoms with Gasteiger partial charge < -0.3 is 5.32 Å². The Labute approximate surface area is 144 Å². The molecule has 2 saturated carbocycles. The summed E-state index contributed by atoms with van der Waals surface area (Å²) in [6, 6.07) is 20.5. The molecule has 124 valence electrons. The molecular formula is C22H25NO. The fourth-order valence-corrected chi connectivity index (χ4v) is 4.73. The van der Waals surface area contributed by atoms with Crippen LogP contribution in [0.2, 0.25) is 0 Å². The quantitative estimate of drug-likeness (QED) is 0.849. The minimum absolute atomic E-state index is 0.0570. The third kappa shape index (κ3) is 3.24. The van der Waals surface area contributed by atoms with E-state index in [0.717, 1.165) is 23.0 Å². The van der Waals surface area contributed by atoms with Gasteiger partial charge in [0.05, 0.1) is 6.04 Å². The first-order valence-corrected chi connectivity index (χ1v) is 9.19. The lowest BCUT2D eigenvalue weighted by atomic mass is 9.86. The maximum Gasteiger partial charge on any atom is 0.221 e. The zero-order chi connectivity index (χ0) is 16.4. The first kappa shape index (κ1) is 15.4. The van der Waals surface area contributed by atoms with Crippen molar-refractivity contribution in [3.8, 4) is 0 Å². The summed E-state index contributed by atoms with van der Waals surface area (Å²) in [6.45, 7) is 0. The van der Waals surface area contributed by atoms with E-state index in [4.69, 9.17) is 0 Å². The number of carbonyl (C=O) groups is 1. The molecule has 0 heterocycles. The second-order valence-corrected chi connectivity index (χ2v) is 7.46. The van der Waals surface area contributed by atoms with Crippen LogP contribution in [0.15, 0.2) is 60.7 Å².